The molecule has 102 valence electrons. The van der Waals surface area contributed by atoms with Crippen LogP contribution in [0.25, 0.3) is 0 Å². The van der Waals surface area contributed by atoms with Crippen molar-refractivity contribution in [2.45, 2.75) is 18.4 Å². The van der Waals surface area contributed by atoms with Crippen LogP contribution < -0.4 is 0 Å². The Hall–Kier alpha value is -1.15. The minimum atomic E-state index is -3.06. The lowest BCUT2D eigenvalue weighted by molar-refractivity contribution is 0.0656. The van der Waals surface area contributed by atoms with Gasteiger partial charge in [0, 0.05) is 11.5 Å². The average Bonchev–Trinajstić information content (AvgIpc) is 2.78. The lowest BCUT2D eigenvalue weighted by Gasteiger charge is -2.00. The van der Waals surface area contributed by atoms with Crippen LogP contribution in [-0.2, 0) is 20.6 Å². The third-order valence-corrected chi connectivity index (χ3v) is 5.36. The summed E-state index contributed by atoms with van der Waals surface area (Å²) in [7, 11) is -4.57. The van der Waals surface area contributed by atoms with Crippen LogP contribution in [0, 0.1) is 0 Å². The topological polar surface area (TPSA) is 102 Å². The molecule has 0 aromatic carbocycles. The summed E-state index contributed by atoms with van der Waals surface area (Å²) < 4.78 is 39.0. The molecule has 1 rings (SSSR count). The number of aromatic carboxylic acids is 1. The zero-order valence-electron chi connectivity index (χ0n) is 9.79. The summed E-state index contributed by atoms with van der Waals surface area (Å²) in [6, 6.07) is 2.55. The minimum Gasteiger partial charge on any atom is -0.475 e. The predicted octanol–water partition coefficient (Wildman–Crippen LogP) is 0.910. The Kier molecular flexibility index (Phi) is 5.09. The number of hydrogen-bond acceptors (Lipinski definition) is 5. The van der Waals surface area contributed by atoms with Crippen LogP contribution in [0.3, 0.4) is 0 Å². The molecule has 0 amide bonds. The molecule has 8 heteroatoms. The van der Waals surface area contributed by atoms with Crippen molar-refractivity contribution in [3.05, 3.63) is 17.9 Å². The summed E-state index contributed by atoms with van der Waals surface area (Å²) in [5, 5.41) is 8.68. The Labute approximate surface area is 107 Å². The number of carboxylic acids is 1. The Morgan fingerprint density at radius 1 is 1.44 bits per heavy atom. The lowest BCUT2D eigenvalue weighted by Crippen LogP contribution is -2.11. The molecule has 0 bridgehead atoms. The Bertz CT molecular complexity index is 542. The van der Waals surface area contributed by atoms with Gasteiger partial charge in [-0.2, -0.15) is 0 Å². The van der Waals surface area contributed by atoms with E-state index in [1.165, 1.54) is 12.1 Å². The molecule has 6 nitrogen and oxygen atoms in total. The zero-order valence-corrected chi connectivity index (χ0v) is 11.4. The largest absolute Gasteiger partial charge is 0.475 e. The van der Waals surface area contributed by atoms with Gasteiger partial charge in [-0.15, -0.1) is 0 Å². The molecular weight excluding hydrogens is 280 g/mol. The number of carboxylic acid groups (broad SMARTS) is 1. The molecule has 0 aliphatic carbocycles. The molecule has 1 N–H and O–H groups in total. The highest BCUT2D eigenvalue weighted by Crippen LogP contribution is 2.13. The molecule has 1 atom stereocenters. The average molecular weight is 294 g/mol. The van der Waals surface area contributed by atoms with E-state index in [1.54, 1.807) is 6.92 Å². The maximum atomic E-state index is 11.7. The molecule has 0 saturated heterocycles. The van der Waals surface area contributed by atoms with Crippen LogP contribution in [-0.4, -0.2) is 41.0 Å². The fraction of sp³-hybridized carbons (Fsp3) is 0.500. The molecule has 0 aliphatic rings. The molecule has 0 spiro atoms. The first-order valence-corrected chi connectivity index (χ1v) is 8.41. The predicted molar refractivity (Wildman–Crippen MR) is 65.9 cm³/mol. The Morgan fingerprint density at radius 2 is 2.11 bits per heavy atom. The van der Waals surface area contributed by atoms with E-state index < -0.39 is 26.6 Å². The molecule has 0 radical (unpaired) electrons. The van der Waals surface area contributed by atoms with Crippen LogP contribution in [0.4, 0.5) is 0 Å². The minimum absolute atomic E-state index is 0.0261. The Morgan fingerprint density at radius 3 is 2.61 bits per heavy atom. The fourth-order valence-electron chi connectivity index (χ4n) is 1.21. The number of carbonyl (C=O) groups is 1. The molecule has 1 aromatic rings. The van der Waals surface area contributed by atoms with Crippen molar-refractivity contribution in [2.24, 2.45) is 0 Å². The van der Waals surface area contributed by atoms with Crippen molar-refractivity contribution in [1.29, 1.82) is 0 Å². The van der Waals surface area contributed by atoms with E-state index in [4.69, 9.17) is 9.52 Å². The monoisotopic (exact) mass is 294 g/mol. The highest BCUT2D eigenvalue weighted by molar-refractivity contribution is 7.91. The van der Waals surface area contributed by atoms with Gasteiger partial charge >= 0.3 is 5.97 Å². The highest BCUT2D eigenvalue weighted by atomic mass is 32.2. The first kappa shape index (κ1) is 14.9. The summed E-state index contributed by atoms with van der Waals surface area (Å²) in [4.78, 5) is 10.5. The van der Waals surface area contributed by atoms with Crippen molar-refractivity contribution in [3.8, 4) is 0 Å². The lowest BCUT2D eigenvalue weighted by atomic mass is 10.5. The van der Waals surface area contributed by atoms with Crippen molar-refractivity contribution in [3.63, 3.8) is 0 Å². The van der Waals surface area contributed by atoms with E-state index in [1.807, 2.05) is 0 Å². The smallest absolute Gasteiger partial charge is 0.371 e. The van der Waals surface area contributed by atoms with Gasteiger partial charge in [0.25, 0.3) is 0 Å². The SMILES string of the molecule is CCS(=O)(=O)CCCS(=O)c1ccc(C(=O)O)o1. The second kappa shape index (κ2) is 6.14. The van der Waals surface area contributed by atoms with E-state index in [0.29, 0.717) is 0 Å². The molecule has 1 heterocycles. The number of rotatable bonds is 7. The summed E-state index contributed by atoms with van der Waals surface area (Å²) >= 11 is 0. The zero-order chi connectivity index (χ0) is 13.8. The van der Waals surface area contributed by atoms with Gasteiger partial charge in [0.15, 0.2) is 5.09 Å². The van der Waals surface area contributed by atoms with E-state index in [-0.39, 0.29) is 34.5 Å². The first-order valence-electron chi connectivity index (χ1n) is 5.27. The van der Waals surface area contributed by atoms with Gasteiger partial charge in [0.1, 0.15) is 9.84 Å². The summed E-state index contributed by atoms with van der Waals surface area (Å²) in [5.74, 6) is -1.34. The highest BCUT2D eigenvalue weighted by Gasteiger charge is 2.15. The molecule has 18 heavy (non-hydrogen) atoms. The molecule has 0 aliphatic heterocycles. The standard InChI is InChI=1S/C10H14O6S2/c1-2-18(14,15)7-3-6-17(13)9-5-4-8(16-9)10(11)12/h4-5H,2-3,6-7H2,1H3,(H,11,12). The molecular formula is C10H14O6S2. The summed E-state index contributed by atoms with van der Waals surface area (Å²) in [5.41, 5.74) is 0. The van der Waals surface area contributed by atoms with E-state index >= 15 is 0 Å². The van der Waals surface area contributed by atoms with Crippen LogP contribution in [0.1, 0.15) is 23.9 Å². The van der Waals surface area contributed by atoms with Gasteiger partial charge in [-0.05, 0) is 18.6 Å². The van der Waals surface area contributed by atoms with Gasteiger partial charge in [-0.3, -0.25) is 4.21 Å². The van der Waals surface area contributed by atoms with Crippen molar-refractivity contribution in [2.75, 3.05) is 17.3 Å². The van der Waals surface area contributed by atoms with Crippen LogP contribution in [0.15, 0.2) is 21.6 Å². The van der Waals surface area contributed by atoms with Gasteiger partial charge in [0.2, 0.25) is 5.76 Å². The number of hydrogen-bond donors (Lipinski definition) is 1. The van der Waals surface area contributed by atoms with Gasteiger partial charge < -0.3 is 9.52 Å². The third-order valence-electron chi connectivity index (χ3n) is 2.24. The molecule has 1 aromatic heterocycles. The van der Waals surface area contributed by atoms with Gasteiger partial charge in [-0.25, -0.2) is 13.2 Å². The molecule has 0 fully saturated rings. The number of sulfone groups is 1. The van der Waals surface area contributed by atoms with Crippen molar-refractivity contribution in [1.82, 2.24) is 0 Å². The van der Waals surface area contributed by atoms with Gasteiger partial charge in [-0.1, -0.05) is 6.92 Å². The summed E-state index contributed by atoms with van der Waals surface area (Å²) in [6.45, 7) is 1.55. The van der Waals surface area contributed by atoms with Crippen molar-refractivity contribution >= 4 is 26.6 Å². The first-order chi connectivity index (χ1) is 8.35. The molecule has 0 saturated carbocycles. The van der Waals surface area contributed by atoms with Gasteiger partial charge in [0.05, 0.1) is 16.6 Å². The molecule has 1 unspecified atom stereocenters. The second-order valence-electron chi connectivity index (χ2n) is 3.56. The van der Waals surface area contributed by atoms with E-state index in [2.05, 4.69) is 0 Å². The third kappa shape index (κ3) is 4.26. The maximum Gasteiger partial charge on any atom is 0.371 e. The number of furan rings is 1. The Balaban J connectivity index is 2.53. The second-order valence-corrected chi connectivity index (χ2v) is 7.54. The van der Waals surface area contributed by atoms with Crippen molar-refractivity contribution < 1.29 is 26.9 Å². The van der Waals surface area contributed by atoms with E-state index in [0.717, 1.165) is 0 Å². The van der Waals surface area contributed by atoms with Crippen LogP contribution in [0.5, 0.6) is 0 Å². The summed E-state index contributed by atoms with van der Waals surface area (Å²) in [6.07, 6.45) is 0.256. The quantitative estimate of drug-likeness (QED) is 0.802. The normalized spacial score (nSPS) is 13.4. The van der Waals surface area contributed by atoms with Crippen LogP contribution in [0.2, 0.25) is 0 Å². The van der Waals surface area contributed by atoms with E-state index in [9.17, 15) is 17.4 Å². The van der Waals surface area contributed by atoms with Crippen LogP contribution >= 0.6 is 0 Å². The maximum absolute atomic E-state index is 11.7. The fourth-order valence-corrected chi connectivity index (χ4v) is 3.28.